The first-order chi connectivity index (χ1) is 11.4. The van der Waals surface area contributed by atoms with Crippen molar-refractivity contribution in [2.24, 2.45) is 0 Å². The fraction of sp³-hybridized carbons (Fsp3) is 0.278. The molecule has 0 aliphatic carbocycles. The highest BCUT2D eigenvalue weighted by Crippen LogP contribution is 2.26. The van der Waals surface area contributed by atoms with Gasteiger partial charge in [0.05, 0.1) is 22.5 Å². The minimum Gasteiger partial charge on any atom is -0.493 e. The zero-order valence-electron chi connectivity index (χ0n) is 14.0. The molecule has 0 aliphatic rings. The molecule has 1 aromatic heterocycles. The molecule has 0 amide bonds. The van der Waals surface area contributed by atoms with Crippen LogP contribution in [0.4, 0.5) is 0 Å². The summed E-state index contributed by atoms with van der Waals surface area (Å²) >= 11 is 0. The van der Waals surface area contributed by atoms with E-state index in [1.807, 2.05) is 26.0 Å². The molecule has 0 atom stereocenters. The maximum absolute atomic E-state index is 13.1. The van der Waals surface area contributed by atoms with Crippen molar-refractivity contribution >= 4 is 21.1 Å². The van der Waals surface area contributed by atoms with Gasteiger partial charge < -0.3 is 4.74 Å². The van der Waals surface area contributed by atoms with Crippen molar-refractivity contribution in [3.8, 4) is 5.75 Å². The monoisotopic (exact) mass is 344 g/mol. The molecular formula is C18H20N2O3S. The first kappa shape index (κ1) is 16.5. The van der Waals surface area contributed by atoms with Crippen LogP contribution in [0.1, 0.15) is 24.7 Å². The molecule has 0 unspecified atom stereocenters. The van der Waals surface area contributed by atoms with Gasteiger partial charge in [0.1, 0.15) is 11.6 Å². The van der Waals surface area contributed by atoms with E-state index in [-0.39, 0.29) is 4.90 Å². The number of hydrogen-bond acceptors (Lipinski definition) is 4. The Morgan fingerprint density at radius 3 is 2.58 bits per heavy atom. The van der Waals surface area contributed by atoms with E-state index in [0.717, 1.165) is 12.0 Å². The lowest BCUT2D eigenvalue weighted by Crippen LogP contribution is -2.14. The quantitative estimate of drug-likeness (QED) is 0.708. The topological polar surface area (TPSA) is 61.2 Å². The SMILES string of the molecule is CCCOc1ccc(S(=O)(=O)n2c(C)nc3ccccc32)cc1C. The first-order valence-corrected chi connectivity index (χ1v) is 9.32. The molecule has 0 aliphatic heterocycles. The lowest BCUT2D eigenvalue weighted by atomic mass is 10.2. The molecule has 0 bridgehead atoms. The lowest BCUT2D eigenvalue weighted by Gasteiger charge is -2.12. The third kappa shape index (κ3) is 2.78. The van der Waals surface area contributed by atoms with Crippen LogP contribution in [0.25, 0.3) is 11.0 Å². The molecule has 1 heterocycles. The summed E-state index contributed by atoms with van der Waals surface area (Å²) < 4.78 is 33.1. The molecule has 3 aromatic rings. The Kier molecular flexibility index (Phi) is 4.32. The molecular weight excluding hydrogens is 324 g/mol. The van der Waals surface area contributed by atoms with Crippen molar-refractivity contribution in [1.82, 2.24) is 8.96 Å². The number of nitrogens with zero attached hydrogens (tertiary/aromatic N) is 2. The standard InChI is InChI=1S/C18H20N2O3S/c1-4-11-23-18-10-9-15(12-13(18)2)24(21,22)20-14(3)19-16-7-5-6-8-17(16)20/h5-10,12H,4,11H2,1-3H3. The van der Waals surface area contributed by atoms with E-state index in [4.69, 9.17) is 4.74 Å². The highest BCUT2D eigenvalue weighted by molar-refractivity contribution is 7.90. The van der Waals surface area contributed by atoms with Crippen LogP contribution < -0.4 is 4.74 Å². The van der Waals surface area contributed by atoms with Gasteiger partial charge in [-0.15, -0.1) is 0 Å². The Morgan fingerprint density at radius 1 is 1.12 bits per heavy atom. The van der Waals surface area contributed by atoms with Gasteiger partial charge in [-0.2, -0.15) is 0 Å². The van der Waals surface area contributed by atoms with Crippen molar-refractivity contribution in [2.45, 2.75) is 32.1 Å². The number of ether oxygens (including phenoxy) is 1. The van der Waals surface area contributed by atoms with Crippen molar-refractivity contribution in [3.63, 3.8) is 0 Å². The second-order valence-corrected chi connectivity index (χ2v) is 7.48. The smallest absolute Gasteiger partial charge is 0.269 e. The van der Waals surface area contributed by atoms with E-state index in [1.165, 1.54) is 3.97 Å². The highest BCUT2D eigenvalue weighted by atomic mass is 32.2. The Balaban J connectivity index is 2.10. The molecule has 126 valence electrons. The number of rotatable bonds is 5. The third-order valence-corrected chi connectivity index (χ3v) is 5.61. The number of hydrogen-bond donors (Lipinski definition) is 0. The second-order valence-electron chi connectivity index (χ2n) is 5.69. The van der Waals surface area contributed by atoms with E-state index < -0.39 is 10.0 Å². The van der Waals surface area contributed by atoms with Gasteiger partial charge in [-0.05, 0) is 56.2 Å². The maximum Gasteiger partial charge on any atom is 0.269 e. The summed E-state index contributed by atoms with van der Waals surface area (Å²) in [5.74, 6) is 1.16. The van der Waals surface area contributed by atoms with Gasteiger partial charge in [0, 0.05) is 0 Å². The summed E-state index contributed by atoms with van der Waals surface area (Å²) in [5, 5.41) is 0. The number of imidazole rings is 1. The van der Waals surface area contributed by atoms with Crippen molar-refractivity contribution in [1.29, 1.82) is 0 Å². The molecule has 0 radical (unpaired) electrons. The molecule has 2 aromatic carbocycles. The van der Waals surface area contributed by atoms with E-state index in [9.17, 15) is 8.42 Å². The fourth-order valence-electron chi connectivity index (χ4n) is 2.69. The van der Waals surface area contributed by atoms with Gasteiger partial charge in [0.25, 0.3) is 10.0 Å². The summed E-state index contributed by atoms with van der Waals surface area (Å²) in [6, 6.07) is 12.2. The minimum absolute atomic E-state index is 0.232. The number of para-hydroxylation sites is 2. The third-order valence-electron chi connectivity index (χ3n) is 3.82. The molecule has 3 rings (SSSR count). The van der Waals surface area contributed by atoms with Crippen LogP contribution in [0.3, 0.4) is 0 Å². The van der Waals surface area contributed by atoms with Crippen LogP contribution in [0.2, 0.25) is 0 Å². The number of aryl methyl sites for hydroxylation is 2. The summed E-state index contributed by atoms with van der Waals surface area (Å²) in [4.78, 5) is 4.58. The minimum atomic E-state index is -3.71. The molecule has 0 saturated heterocycles. The van der Waals surface area contributed by atoms with Gasteiger partial charge in [-0.1, -0.05) is 19.1 Å². The summed E-state index contributed by atoms with van der Waals surface area (Å²) in [5.41, 5.74) is 2.05. The van der Waals surface area contributed by atoms with Crippen molar-refractivity contribution < 1.29 is 13.2 Å². The van der Waals surface area contributed by atoms with E-state index in [0.29, 0.717) is 29.2 Å². The Bertz CT molecular complexity index is 991. The van der Waals surface area contributed by atoms with Crippen LogP contribution in [0, 0.1) is 13.8 Å². The average Bonchev–Trinajstić information content (AvgIpc) is 2.90. The van der Waals surface area contributed by atoms with Crippen LogP contribution >= 0.6 is 0 Å². The fourth-order valence-corrected chi connectivity index (χ4v) is 4.27. The zero-order valence-corrected chi connectivity index (χ0v) is 14.8. The van der Waals surface area contributed by atoms with E-state index >= 15 is 0 Å². The van der Waals surface area contributed by atoms with Gasteiger partial charge in [0.15, 0.2) is 0 Å². The van der Waals surface area contributed by atoms with E-state index in [1.54, 1.807) is 37.3 Å². The lowest BCUT2D eigenvalue weighted by molar-refractivity contribution is 0.315. The number of aromatic nitrogens is 2. The summed E-state index contributed by atoms with van der Waals surface area (Å²) in [7, 11) is -3.71. The van der Waals surface area contributed by atoms with Crippen LogP contribution in [0.5, 0.6) is 5.75 Å². The largest absolute Gasteiger partial charge is 0.493 e. The normalized spacial score (nSPS) is 11.8. The predicted octanol–water partition coefficient (Wildman–Crippen LogP) is 3.68. The first-order valence-electron chi connectivity index (χ1n) is 7.88. The highest BCUT2D eigenvalue weighted by Gasteiger charge is 2.23. The van der Waals surface area contributed by atoms with Crippen molar-refractivity contribution in [3.05, 3.63) is 53.9 Å². The molecule has 0 spiro atoms. The second kappa shape index (κ2) is 6.28. The molecule has 6 heteroatoms. The predicted molar refractivity (Wildman–Crippen MR) is 94.0 cm³/mol. The van der Waals surface area contributed by atoms with Gasteiger partial charge >= 0.3 is 0 Å². The Labute approximate surface area is 142 Å². The molecule has 0 saturated carbocycles. The zero-order chi connectivity index (χ0) is 17.3. The Morgan fingerprint density at radius 2 is 1.88 bits per heavy atom. The van der Waals surface area contributed by atoms with Crippen LogP contribution in [-0.2, 0) is 10.0 Å². The van der Waals surface area contributed by atoms with Gasteiger partial charge in [-0.25, -0.2) is 17.4 Å². The average molecular weight is 344 g/mol. The van der Waals surface area contributed by atoms with Crippen LogP contribution in [-0.4, -0.2) is 24.0 Å². The number of fused-ring (bicyclic) bond motifs is 1. The summed E-state index contributed by atoms with van der Waals surface area (Å²) in [6.45, 7) is 6.19. The summed E-state index contributed by atoms with van der Waals surface area (Å²) in [6.07, 6.45) is 0.902. The molecule has 24 heavy (non-hydrogen) atoms. The number of benzene rings is 2. The maximum atomic E-state index is 13.1. The van der Waals surface area contributed by atoms with Crippen LogP contribution in [0.15, 0.2) is 47.4 Å². The Hall–Kier alpha value is -2.34. The van der Waals surface area contributed by atoms with Crippen molar-refractivity contribution in [2.75, 3.05) is 6.61 Å². The van der Waals surface area contributed by atoms with E-state index in [2.05, 4.69) is 4.98 Å². The molecule has 0 fully saturated rings. The van der Waals surface area contributed by atoms with Gasteiger partial charge in [0.2, 0.25) is 0 Å². The molecule has 5 nitrogen and oxygen atoms in total. The van der Waals surface area contributed by atoms with Gasteiger partial charge in [-0.3, -0.25) is 0 Å². The molecule has 0 N–H and O–H groups in total.